The van der Waals surface area contributed by atoms with Gasteiger partial charge in [-0.05, 0) is 62.4 Å². The zero-order valence-corrected chi connectivity index (χ0v) is 19.3. The second-order valence-corrected chi connectivity index (χ2v) is 7.73. The molecule has 34 heavy (non-hydrogen) atoms. The number of nitrogens with one attached hydrogen (secondary N) is 1. The highest BCUT2D eigenvalue weighted by atomic mass is 16.5. The molecule has 2 amide bonds. The predicted octanol–water partition coefficient (Wildman–Crippen LogP) is 4.55. The van der Waals surface area contributed by atoms with E-state index in [4.69, 9.17) is 9.15 Å². The smallest absolute Gasteiger partial charge is 0.290 e. The summed E-state index contributed by atoms with van der Waals surface area (Å²) in [5, 5.41) is 2.87. The highest BCUT2D eigenvalue weighted by Crippen LogP contribution is 2.26. The molecule has 2 heterocycles. The molecule has 0 atom stereocenters. The number of amides is 2. The van der Waals surface area contributed by atoms with Gasteiger partial charge in [-0.1, -0.05) is 17.7 Å². The number of likely N-dealkylation sites (N-methyl/N-ethyl adjacent to an activating group) is 1. The van der Waals surface area contributed by atoms with E-state index in [1.165, 1.54) is 11.2 Å². The summed E-state index contributed by atoms with van der Waals surface area (Å²) in [4.78, 5) is 31.6. The fraction of sp³-hybridized carbons (Fsp3) is 0.192. The molecule has 8 heteroatoms. The molecule has 2 aromatic heterocycles. The lowest BCUT2D eigenvalue weighted by molar-refractivity contribution is -0.116. The lowest BCUT2D eigenvalue weighted by atomic mass is 10.1. The van der Waals surface area contributed by atoms with Crippen LogP contribution < -0.4 is 10.1 Å². The van der Waals surface area contributed by atoms with Crippen LogP contribution in [0.1, 0.15) is 23.0 Å². The van der Waals surface area contributed by atoms with E-state index in [0.717, 1.165) is 22.6 Å². The molecule has 0 spiro atoms. The number of benzene rings is 2. The van der Waals surface area contributed by atoms with Crippen LogP contribution in [0.25, 0.3) is 16.9 Å². The molecular formula is C26H26N4O4. The maximum absolute atomic E-state index is 12.9. The Bertz CT molecular complexity index is 1260. The Morgan fingerprint density at radius 2 is 1.82 bits per heavy atom. The number of aromatic nitrogens is 2. The molecule has 1 N–H and O–H groups in total. The Morgan fingerprint density at radius 1 is 1.09 bits per heavy atom. The summed E-state index contributed by atoms with van der Waals surface area (Å²) in [6.07, 6.45) is 3.30. The molecule has 0 aliphatic rings. The zero-order chi connectivity index (χ0) is 24.1. The maximum atomic E-state index is 12.9. The Labute approximate surface area is 197 Å². The first kappa shape index (κ1) is 22.8. The van der Waals surface area contributed by atoms with Crippen molar-refractivity contribution in [2.24, 2.45) is 0 Å². The van der Waals surface area contributed by atoms with E-state index in [0.29, 0.717) is 18.2 Å². The van der Waals surface area contributed by atoms with Gasteiger partial charge in [0.15, 0.2) is 5.76 Å². The van der Waals surface area contributed by atoms with Crippen molar-refractivity contribution in [2.45, 2.75) is 13.8 Å². The summed E-state index contributed by atoms with van der Waals surface area (Å²) in [7, 11) is 1.62. The van der Waals surface area contributed by atoms with E-state index in [9.17, 15) is 9.59 Å². The summed E-state index contributed by atoms with van der Waals surface area (Å²) < 4.78 is 12.2. The van der Waals surface area contributed by atoms with E-state index < -0.39 is 0 Å². The number of aryl methyl sites for hydroxylation is 1. The van der Waals surface area contributed by atoms with Gasteiger partial charge in [-0.15, -0.1) is 0 Å². The molecule has 4 rings (SSSR count). The van der Waals surface area contributed by atoms with Crippen LogP contribution in [0.3, 0.4) is 0 Å². The second-order valence-electron chi connectivity index (χ2n) is 7.73. The van der Waals surface area contributed by atoms with Gasteiger partial charge in [0, 0.05) is 24.0 Å². The number of hydrogen-bond donors (Lipinski definition) is 1. The van der Waals surface area contributed by atoms with E-state index in [-0.39, 0.29) is 24.1 Å². The van der Waals surface area contributed by atoms with Gasteiger partial charge in [0.1, 0.15) is 12.3 Å². The van der Waals surface area contributed by atoms with E-state index in [1.54, 1.807) is 19.2 Å². The number of imidazole rings is 1. The number of methoxy groups -OCH3 is 1. The van der Waals surface area contributed by atoms with Crippen LogP contribution in [0, 0.1) is 6.92 Å². The molecule has 8 nitrogen and oxygen atoms in total. The van der Waals surface area contributed by atoms with Crippen molar-refractivity contribution in [3.63, 3.8) is 0 Å². The SMILES string of the molecule is CCN(CC(=O)Nc1nc(-c2ccc(OC)cc2)cn1-c1ccc(C)cc1)C(=O)c1ccco1. The minimum atomic E-state index is -0.359. The number of hydrogen-bond acceptors (Lipinski definition) is 5. The first-order valence-electron chi connectivity index (χ1n) is 10.9. The lowest BCUT2D eigenvalue weighted by Gasteiger charge is -2.19. The summed E-state index contributed by atoms with van der Waals surface area (Å²) >= 11 is 0. The number of ether oxygens (including phenoxy) is 1. The monoisotopic (exact) mass is 458 g/mol. The highest BCUT2D eigenvalue weighted by molar-refractivity contribution is 5.97. The molecule has 2 aromatic carbocycles. The van der Waals surface area contributed by atoms with Crippen molar-refractivity contribution >= 4 is 17.8 Å². The van der Waals surface area contributed by atoms with Gasteiger partial charge in [-0.25, -0.2) is 4.98 Å². The number of furan rings is 1. The molecule has 0 aliphatic heterocycles. The van der Waals surface area contributed by atoms with Crippen molar-refractivity contribution in [3.05, 3.63) is 84.4 Å². The molecule has 0 bridgehead atoms. The number of rotatable bonds is 8. The van der Waals surface area contributed by atoms with Gasteiger partial charge in [0.25, 0.3) is 5.91 Å². The second kappa shape index (κ2) is 10.1. The fourth-order valence-electron chi connectivity index (χ4n) is 3.49. The van der Waals surface area contributed by atoms with Gasteiger partial charge in [0.05, 0.1) is 19.1 Å². The van der Waals surface area contributed by atoms with Crippen LogP contribution in [0.5, 0.6) is 5.75 Å². The van der Waals surface area contributed by atoms with Crippen molar-refractivity contribution < 1.29 is 18.7 Å². The summed E-state index contributed by atoms with van der Waals surface area (Å²) in [6, 6.07) is 18.7. The zero-order valence-electron chi connectivity index (χ0n) is 19.3. The predicted molar refractivity (Wildman–Crippen MR) is 129 cm³/mol. The average molecular weight is 459 g/mol. The third kappa shape index (κ3) is 5.01. The van der Waals surface area contributed by atoms with Gasteiger partial charge in [0.2, 0.25) is 11.9 Å². The summed E-state index contributed by atoms with van der Waals surface area (Å²) in [6.45, 7) is 4.05. The Hall–Kier alpha value is -4.33. The van der Waals surface area contributed by atoms with Crippen LogP contribution in [-0.4, -0.2) is 46.5 Å². The van der Waals surface area contributed by atoms with Crippen molar-refractivity contribution in [1.29, 1.82) is 0 Å². The van der Waals surface area contributed by atoms with Crippen molar-refractivity contribution in [2.75, 3.05) is 25.5 Å². The van der Waals surface area contributed by atoms with Crippen molar-refractivity contribution in [1.82, 2.24) is 14.5 Å². The molecule has 4 aromatic rings. The minimum absolute atomic E-state index is 0.130. The molecule has 0 unspecified atom stereocenters. The third-order valence-electron chi connectivity index (χ3n) is 5.39. The van der Waals surface area contributed by atoms with E-state index in [2.05, 4.69) is 10.3 Å². The van der Waals surface area contributed by atoms with Crippen molar-refractivity contribution in [3.8, 4) is 22.7 Å². The standard InChI is InChI=1S/C26H26N4O4/c1-4-29(25(32)23-6-5-15-34-23)17-24(31)28-26-27-22(19-9-13-21(33-3)14-10-19)16-30(26)20-11-7-18(2)8-12-20/h5-16H,4,17H2,1-3H3,(H,27,28,31). The number of anilines is 1. The minimum Gasteiger partial charge on any atom is -0.497 e. The first-order chi connectivity index (χ1) is 16.5. The van der Waals surface area contributed by atoms with Crippen LogP contribution >= 0.6 is 0 Å². The largest absolute Gasteiger partial charge is 0.497 e. The molecule has 174 valence electrons. The highest BCUT2D eigenvalue weighted by Gasteiger charge is 2.21. The lowest BCUT2D eigenvalue weighted by Crippen LogP contribution is -2.38. The Balaban J connectivity index is 1.61. The molecular weight excluding hydrogens is 432 g/mol. The number of carbonyl (C=O) groups excluding carboxylic acids is 2. The molecule has 0 aliphatic carbocycles. The molecule has 0 fully saturated rings. The van der Waals surface area contributed by atoms with Gasteiger partial charge < -0.3 is 14.1 Å². The van der Waals surface area contributed by atoms with Gasteiger partial charge in [-0.2, -0.15) is 0 Å². The first-order valence-corrected chi connectivity index (χ1v) is 10.9. The van der Waals surface area contributed by atoms with Crippen LogP contribution in [0.2, 0.25) is 0 Å². The number of nitrogens with zero attached hydrogens (tertiary/aromatic N) is 3. The topological polar surface area (TPSA) is 89.6 Å². The molecule has 0 saturated carbocycles. The van der Waals surface area contributed by atoms with Gasteiger partial charge in [-0.3, -0.25) is 19.5 Å². The molecule has 0 saturated heterocycles. The maximum Gasteiger partial charge on any atom is 0.290 e. The van der Waals surface area contributed by atoms with Crippen LogP contribution in [-0.2, 0) is 4.79 Å². The third-order valence-corrected chi connectivity index (χ3v) is 5.39. The quantitative estimate of drug-likeness (QED) is 0.418. The average Bonchev–Trinajstić information content (AvgIpc) is 3.53. The fourth-order valence-corrected chi connectivity index (χ4v) is 3.49. The van der Waals surface area contributed by atoms with Crippen LogP contribution in [0.15, 0.2) is 77.5 Å². The molecule has 0 radical (unpaired) electrons. The van der Waals surface area contributed by atoms with Gasteiger partial charge >= 0.3 is 0 Å². The van der Waals surface area contributed by atoms with E-state index in [1.807, 2.05) is 73.1 Å². The number of carbonyl (C=O) groups is 2. The normalized spacial score (nSPS) is 10.7. The van der Waals surface area contributed by atoms with E-state index >= 15 is 0 Å². The Morgan fingerprint density at radius 3 is 2.44 bits per heavy atom. The Kier molecular flexibility index (Phi) is 6.77. The van der Waals surface area contributed by atoms with Crippen LogP contribution in [0.4, 0.5) is 5.95 Å². The summed E-state index contributed by atoms with van der Waals surface area (Å²) in [5.74, 6) is 0.598. The summed E-state index contributed by atoms with van der Waals surface area (Å²) in [5.41, 5.74) is 3.55.